The number of carboxylic acid groups (broad SMARTS) is 1. The van der Waals surface area contributed by atoms with Gasteiger partial charge in [0.2, 0.25) is 0 Å². The van der Waals surface area contributed by atoms with Crippen LogP contribution in [0, 0.1) is 0 Å². The molecule has 0 heterocycles. The molecule has 0 unspecified atom stereocenters. The van der Waals surface area contributed by atoms with Gasteiger partial charge >= 0.3 is 12.0 Å². The molecule has 0 aromatic heterocycles. The molecule has 0 fully saturated rings. The van der Waals surface area contributed by atoms with Crippen LogP contribution in [-0.4, -0.2) is 30.2 Å². The molecular weight excluding hydrogens is 234 g/mol. The molecule has 1 rings (SSSR count). The summed E-state index contributed by atoms with van der Waals surface area (Å²) in [5.41, 5.74) is 6.61. The van der Waals surface area contributed by atoms with Crippen LogP contribution in [0.25, 0.3) is 6.08 Å². The number of rotatable bonds is 5. The predicted molar refractivity (Wildman–Crippen MR) is 69.2 cm³/mol. The molecule has 2 amide bonds. The third-order valence-corrected chi connectivity index (χ3v) is 2.02. The molecule has 0 aliphatic heterocycles. The monoisotopic (exact) mass is 249 g/mol. The average Bonchev–Trinajstić information content (AvgIpc) is 2.35. The zero-order chi connectivity index (χ0) is 13.4. The highest BCUT2D eigenvalue weighted by Crippen LogP contribution is 2.10. The maximum atomic E-state index is 11.3. The number of nitrogens with one attached hydrogen (secondary N) is 2. The van der Waals surface area contributed by atoms with Crippen LogP contribution in [0.5, 0.6) is 0 Å². The molecular formula is C12H15N3O3. The van der Waals surface area contributed by atoms with Crippen molar-refractivity contribution in [3.8, 4) is 0 Å². The van der Waals surface area contributed by atoms with E-state index in [1.165, 1.54) is 6.08 Å². The Kier molecular flexibility index (Phi) is 5.40. The fraction of sp³-hybridized carbons (Fsp3) is 0.167. The number of benzene rings is 1. The highest BCUT2D eigenvalue weighted by atomic mass is 16.4. The van der Waals surface area contributed by atoms with E-state index in [0.29, 0.717) is 18.8 Å². The summed E-state index contributed by atoms with van der Waals surface area (Å²) < 4.78 is 0. The van der Waals surface area contributed by atoms with Crippen molar-refractivity contribution in [2.75, 3.05) is 18.4 Å². The van der Waals surface area contributed by atoms with Crippen LogP contribution in [0.1, 0.15) is 5.56 Å². The highest BCUT2D eigenvalue weighted by Gasteiger charge is 1.99. The minimum Gasteiger partial charge on any atom is -0.478 e. The number of hydrogen-bond donors (Lipinski definition) is 4. The lowest BCUT2D eigenvalue weighted by Crippen LogP contribution is -2.32. The number of carboxylic acids is 1. The summed E-state index contributed by atoms with van der Waals surface area (Å²) in [6.07, 6.45) is 2.52. The summed E-state index contributed by atoms with van der Waals surface area (Å²) in [6, 6.07) is 6.46. The van der Waals surface area contributed by atoms with E-state index < -0.39 is 5.97 Å². The van der Waals surface area contributed by atoms with Crippen molar-refractivity contribution < 1.29 is 14.7 Å². The van der Waals surface area contributed by atoms with Gasteiger partial charge in [0.05, 0.1) is 0 Å². The molecule has 6 heteroatoms. The lowest BCUT2D eigenvalue weighted by Gasteiger charge is -2.06. The molecule has 0 radical (unpaired) electrons. The molecule has 18 heavy (non-hydrogen) atoms. The summed E-state index contributed by atoms with van der Waals surface area (Å²) in [5, 5.41) is 13.7. The fourth-order valence-corrected chi connectivity index (χ4v) is 1.21. The molecule has 0 spiro atoms. The van der Waals surface area contributed by atoms with Gasteiger partial charge in [-0.3, -0.25) is 0 Å². The SMILES string of the molecule is NCCNC(=O)Nc1ccc(C=CC(=O)O)cc1. The van der Waals surface area contributed by atoms with Gasteiger partial charge in [-0.15, -0.1) is 0 Å². The van der Waals surface area contributed by atoms with Crippen molar-refractivity contribution in [1.29, 1.82) is 0 Å². The molecule has 0 atom stereocenters. The lowest BCUT2D eigenvalue weighted by atomic mass is 10.2. The second-order valence-electron chi connectivity index (χ2n) is 3.46. The number of amides is 2. The Hall–Kier alpha value is -2.34. The molecule has 1 aromatic carbocycles. The van der Waals surface area contributed by atoms with Crippen LogP contribution in [0.2, 0.25) is 0 Å². The van der Waals surface area contributed by atoms with Gasteiger partial charge in [-0.2, -0.15) is 0 Å². The van der Waals surface area contributed by atoms with E-state index in [2.05, 4.69) is 10.6 Å². The van der Waals surface area contributed by atoms with Crippen LogP contribution in [0.3, 0.4) is 0 Å². The second-order valence-corrected chi connectivity index (χ2v) is 3.46. The Morgan fingerprint density at radius 3 is 2.50 bits per heavy atom. The van der Waals surface area contributed by atoms with Crippen LogP contribution < -0.4 is 16.4 Å². The standard InChI is InChI=1S/C12H15N3O3/c13-7-8-14-12(18)15-10-4-1-9(2-5-10)3-6-11(16)17/h1-6H,7-8,13H2,(H,16,17)(H2,14,15,18). The van der Waals surface area contributed by atoms with Crippen molar-refractivity contribution in [2.24, 2.45) is 5.73 Å². The summed E-state index contributed by atoms with van der Waals surface area (Å²) in [7, 11) is 0. The number of aliphatic carboxylic acids is 1. The molecule has 0 saturated carbocycles. The summed E-state index contributed by atoms with van der Waals surface area (Å²) in [4.78, 5) is 21.6. The van der Waals surface area contributed by atoms with Gasteiger partial charge in [-0.05, 0) is 23.8 Å². The largest absolute Gasteiger partial charge is 0.478 e. The number of carbonyl (C=O) groups is 2. The van der Waals surface area contributed by atoms with Crippen molar-refractivity contribution >= 4 is 23.8 Å². The highest BCUT2D eigenvalue weighted by molar-refractivity contribution is 5.89. The fourth-order valence-electron chi connectivity index (χ4n) is 1.21. The van der Waals surface area contributed by atoms with E-state index in [1.807, 2.05) is 0 Å². The van der Waals surface area contributed by atoms with Crippen molar-refractivity contribution in [1.82, 2.24) is 5.32 Å². The first-order chi connectivity index (χ1) is 8.61. The Labute approximate surface area is 104 Å². The van der Waals surface area contributed by atoms with Gasteiger partial charge in [-0.1, -0.05) is 12.1 Å². The minimum absolute atomic E-state index is 0.325. The molecule has 1 aromatic rings. The number of urea groups is 1. The molecule has 0 aliphatic carbocycles. The van der Waals surface area contributed by atoms with Gasteiger partial charge < -0.3 is 21.5 Å². The first-order valence-electron chi connectivity index (χ1n) is 5.38. The molecule has 0 bridgehead atoms. The third-order valence-electron chi connectivity index (χ3n) is 2.02. The van der Waals surface area contributed by atoms with Gasteiger partial charge in [0.25, 0.3) is 0 Å². The minimum atomic E-state index is -1.00. The van der Waals surface area contributed by atoms with Gasteiger partial charge in [0, 0.05) is 24.9 Å². The first kappa shape index (κ1) is 13.7. The van der Waals surface area contributed by atoms with E-state index in [1.54, 1.807) is 24.3 Å². The van der Waals surface area contributed by atoms with Crippen molar-refractivity contribution in [2.45, 2.75) is 0 Å². The van der Waals surface area contributed by atoms with E-state index >= 15 is 0 Å². The van der Waals surface area contributed by atoms with E-state index in [0.717, 1.165) is 11.6 Å². The molecule has 0 saturated heterocycles. The number of anilines is 1. The average molecular weight is 249 g/mol. The smallest absolute Gasteiger partial charge is 0.328 e. The molecule has 6 nitrogen and oxygen atoms in total. The van der Waals surface area contributed by atoms with Crippen LogP contribution in [0.15, 0.2) is 30.3 Å². The zero-order valence-electron chi connectivity index (χ0n) is 9.72. The number of carbonyl (C=O) groups excluding carboxylic acids is 1. The van der Waals surface area contributed by atoms with Crippen molar-refractivity contribution in [3.05, 3.63) is 35.9 Å². The maximum Gasteiger partial charge on any atom is 0.328 e. The Morgan fingerprint density at radius 1 is 1.28 bits per heavy atom. The van der Waals surface area contributed by atoms with Crippen molar-refractivity contribution in [3.63, 3.8) is 0 Å². The third kappa shape index (κ3) is 5.13. The second kappa shape index (κ2) is 7.08. The number of hydrogen-bond acceptors (Lipinski definition) is 3. The Balaban J connectivity index is 2.55. The Bertz CT molecular complexity index is 440. The van der Waals surface area contributed by atoms with Crippen LogP contribution in [-0.2, 0) is 4.79 Å². The van der Waals surface area contributed by atoms with E-state index in [9.17, 15) is 9.59 Å². The van der Waals surface area contributed by atoms with Gasteiger partial charge in [-0.25, -0.2) is 9.59 Å². The van der Waals surface area contributed by atoms with Crippen LogP contribution >= 0.6 is 0 Å². The summed E-state index contributed by atoms with van der Waals surface area (Å²) in [6.45, 7) is 0.789. The number of nitrogens with two attached hydrogens (primary N) is 1. The quantitative estimate of drug-likeness (QED) is 0.581. The maximum absolute atomic E-state index is 11.3. The molecule has 0 aliphatic rings. The van der Waals surface area contributed by atoms with E-state index in [4.69, 9.17) is 10.8 Å². The summed E-state index contributed by atoms with van der Waals surface area (Å²) in [5.74, 6) is -1.00. The topological polar surface area (TPSA) is 104 Å². The van der Waals surface area contributed by atoms with E-state index in [-0.39, 0.29) is 6.03 Å². The van der Waals surface area contributed by atoms with Crippen LogP contribution in [0.4, 0.5) is 10.5 Å². The zero-order valence-corrected chi connectivity index (χ0v) is 9.72. The first-order valence-corrected chi connectivity index (χ1v) is 5.38. The normalized spacial score (nSPS) is 10.3. The lowest BCUT2D eigenvalue weighted by molar-refractivity contribution is -0.131. The predicted octanol–water partition coefficient (Wildman–Crippen LogP) is 0.865. The molecule has 96 valence electrons. The summed E-state index contributed by atoms with van der Waals surface area (Å²) >= 11 is 0. The molecule has 5 N–H and O–H groups in total. The van der Waals surface area contributed by atoms with Gasteiger partial charge in [0.1, 0.15) is 0 Å². The van der Waals surface area contributed by atoms with Gasteiger partial charge in [0.15, 0.2) is 0 Å². The Morgan fingerprint density at radius 2 is 1.94 bits per heavy atom.